The van der Waals surface area contributed by atoms with Gasteiger partial charge in [0.15, 0.2) is 0 Å². The molecule has 0 aliphatic rings. The average Bonchev–Trinajstić information content (AvgIpc) is 2.82. The Morgan fingerprint density at radius 3 is 2.94 bits per heavy atom. The summed E-state index contributed by atoms with van der Waals surface area (Å²) in [5.74, 6) is -0.202. The van der Waals surface area contributed by atoms with Crippen LogP contribution in [0.2, 0.25) is 0 Å². The Morgan fingerprint density at radius 2 is 2.29 bits per heavy atom. The summed E-state index contributed by atoms with van der Waals surface area (Å²) in [7, 11) is 0. The summed E-state index contributed by atoms with van der Waals surface area (Å²) in [5, 5.41) is 9.50. The fourth-order valence-electron chi connectivity index (χ4n) is 1.44. The molecular weight excluding hydrogens is 216 g/mol. The number of amides is 1. The van der Waals surface area contributed by atoms with E-state index in [4.69, 9.17) is 5.73 Å². The van der Waals surface area contributed by atoms with Crippen molar-refractivity contribution in [3.05, 3.63) is 36.5 Å². The average molecular weight is 230 g/mol. The van der Waals surface area contributed by atoms with E-state index in [1.54, 1.807) is 13.1 Å². The van der Waals surface area contributed by atoms with Crippen molar-refractivity contribution < 1.29 is 4.79 Å². The van der Waals surface area contributed by atoms with Crippen LogP contribution in [0.15, 0.2) is 36.5 Å². The Kier molecular flexibility index (Phi) is 3.20. The van der Waals surface area contributed by atoms with Crippen LogP contribution in [0, 0.1) is 0 Å². The zero-order chi connectivity index (χ0) is 12.3. The molecule has 0 saturated carbocycles. The predicted octanol–water partition coefficient (Wildman–Crippen LogP) is 1.36. The molecule has 0 bridgehead atoms. The molecule has 5 nitrogen and oxygen atoms in total. The maximum Gasteiger partial charge on any atom is 0.240 e. The SMILES string of the molecule is C[C@H](N)C(=O)Nc1cccc(-c2ccn[nH]2)c1. The maximum absolute atomic E-state index is 11.5. The van der Waals surface area contributed by atoms with Crippen LogP contribution in [-0.2, 0) is 4.79 Å². The van der Waals surface area contributed by atoms with E-state index in [1.165, 1.54) is 0 Å². The van der Waals surface area contributed by atoms with Crippen molar-refractivity contribution in [1.29, 1.82) is 0 Å². The van der Waals surface area contributed by atoms with Gasteiger partial charge in [-0.15, -0.1) is 0 Å². The van der Waals surface area contributed by atoms with Crippen LogP contribution in [0.3, 0.4) is 0 Å². The van der Waals surface area contributed by atoms with E-state index in [9.17, 15) is 4.79 Å². The van der Waals surface area contributed by atoms with Crippen LogP contribution in [0.4, 0.5) is 5.69 Å². The fourth-order valence-corrected chi connectivity index (χ4v) is 1.44. The largest absolute Gasteiger partial charge is 0.325 e. The van der Waals surface area contributed by atoms with E-state index in [1.807, 2.05) is 30.3 Å². The molecule has 4 N–H and O–H groups in total. The molecule has 1 aromatic heterocycles. The number of aromatic nitrogens is 2. The Balaban J connectivity index is 2.20. The number of carbonyl (C=O) groups is 1. The summed E-state index contributed by atoms with van der Waals surface area (Å²) in [4.78, 5) is 11.5. The van der Waals surface area contributed by atoms with Gasteiger partial charge in [0.05, 0.1) is 11.7 Å². The van der Waals surface area contributed by atoms with Gasteiger partial charge in [-0.2, -0.15) is 5.10 Å². The number of hydrogen-bond acceptors (Lipinski definition) is 3. The van der Waals surface area contributed by atoms with Crippen LogP contribution < -0.4 is 11.1 Å². The van der Waals surface area contributed by atoms with Crippen molar-refractivity contribution in [2.45, 2.75) is 13.0 Å². The van der Waals surface area contributed by atoms with Crippen LogP contribution >= 0.6 is 0 Å². The highest BCUT2D eigenvalue weighted by molar-refractivity contribution is 5.94. The molecule has 0 unspecified atom stereocenters. The number of carbonyl (C=O) groups excluding carboxylic acids is 1. The molecule has 0 aliphatic heterocycles. The topological polar surface area (TPSA) is 83.8 Å². The Labute approximate surface area is 99.0 Å². The molecule has 0 spiro atoms. The van der Waals surface area contributed by atoms with Crippen LogP contribution in [0.25, 0.3) is 11.3 Å². The second-order valence-corrected chi connectivity index (χ2v) is 3.83. The molecule has 1 atom stereocenters. The van der Waals surface area contributed by atoms with Gasteiger partial charge in [0, 0.05) is 17.4 Å². The molecular formula is C12H14N4O. The number of nitrogens with zero attached hydrogens (tertiary/aromatic N) is 1. The minimum absolute atomic E-state index is 0.202. The highest BCUT2D eigenvalue weighted by Crippen LogP contribution is 2.20. The van der Waals surface area contributed by atoms with E-state index in [-0.39, 0.29) is 5.91 Å². The van der Waals surface area contributed by atoms with Crippen LogP contribution in [-0.4, -0.2) is 22.1 Å². The third kappa shape index (κ3) is 2.70. The van der Waals surface area contributed by atoms with E-state index in [0.717, 1.165) is 16.9 Å². The monoisotopic (exact) mass is 230 g/mol. The highest BCUT2D eigenvalue weighted by Gasteiger charge is 2.08. The van der Waals surface area contributed by atoms with Crippen molar-refractivity contribution in [3.63, 3.8) is 0 Å². The Bertz CT molecular complexity index is 505. The van der Waals surface area contributed by atoms with Crippen molar-refractivity contribution in [2.75, 3.05) is 5.32 Å². The van der Waals surface area contributed by atoms with E-state index in [0.29, 0.717) is 0 Å². The summed E-state index contributed by atoms with van der Waals surface area (Å²) in [6.07, 6.45) is 1.68. The lowest BCUT2D eigenvalue weighted by molar-refractivity contribution is -0.117. The van der Waals surface area contributed by atoms with Crippen molar-refractivity contribution in [3.8, 4) is 11.3 Å². The third-order valence-corrected chi connectivity index (χ3v) is 2.36. The molecule has 1 heterocycles. The lowest BCUT2D eigenvalue weighted by atomic mass is 10.1. The minimum Gasteiger partial charge on any atom is -0.325 e. The lowest BCUT2D eigenvalue weighted by Gasteiger charge is -2.08. The summed E-state index contributed by atoms with van der Waals surface area (Å²) >= 11 is 0. The normalized spacial score (nSPS) is 12.1. The number of rotatable bonds is 3. The molecule has 5 heteroatoms. The smallest absolute Gasteiger partial charge is 0.240 e. The zero-order valence-corrected chi connectivity index (χ0v) is 9.47. The van der Waals surface area contributed by atoms with Crippen molar-refractivity contribution in [1.82, 2.24) is 10.2 Å². The second kappa shape index (κ2) is 4.80. The molecule has 1 aromatic carbocycles. The first-order valence-electron chi connectivity index (χ1n) is 5.33. The molecule has 17 heavy (non-hydrogen) atoms. The fraction of sp³-hybridized carbons (Fsp3) is 0.167. The number of benzene rings is 1. The third-order valence-electron chi connectivity index (χ3n) is 2.36. The van der Waals surface area contributed by atoms with Crippen molar-refractivity contribution in [2.24, 2.45) is 5.73 Å². The zero-order valence-electron chi connectivity index (χ0n) is 9.47. The van der Waals surface area contributed by atoms with Gasteiger partial charge >= 0.3 is 0 Å². The molecule has 2 aromatic rings. The molecule has 0 fully saturated rings. The van der Waals surface area contributed by atoms with Gasteiger partial charge < -0.3 is 11.1 Å². The van der Waals surface area contributed by atoms with Crippen molar-refractivity contribution >= 4 is 11.6 Å². The number of nitrogens with two attached hydrogens (primary N) is 1. The van der Waals surface area contributed by atoms with Gasteiger partial charge in [0.25, 0.3) is 0 Å². The first-order valence-corrected chi connectivity index (χ1v) is 5.33. The molecule has 1 amide bonds. The molecule has 88 valence electrons. The molecule has 0 aliphatic carbocycles. The predicted molar refractivity (Wildman–Crippen MR) is 66.3 cm³/mol. The number of hydrogen-bond donors (Lipinski definition) is 3. The van der Waals surface area contributed by atoms with Gasteiger partial charge in [-0.1, -0.05) is 12.1 Å². The van der Waals surface area contributed by atoms with Gasteiger partial charge in [0.2, 0.25) is 5.91 Å². The lowest BCUT2D eigenvalue weighted by Crippen LogP contribution is -2.32. The van der Waals surface area contributed by atoms with Crippen LogP contribution in [0.1, 0.15) is 6.92 Å². The summed E-state index contributed by atoms with van der Waals surface area (Å²) < 4.78 is 0. The van der Waals surface area contributed by atoms with E-state index in [2.05, 4.69) is 15.5 Å². The Hall–Kier alpha value is -2.14. The molecule has 0 radical (unpaired) electrons. The molecule has 2 rings (SSSR count). The standard InChI is InChI=1S/C12H14N4O/c1-8(13)12(17)15-10-4-2-3-9(7-10)11-5-6-14-16-11/h2-8H,13H2,1H3,(H,14,16)(H,15,17)/t8-/m0/s1. The first kappa shape index (κ1) is 11.3. The Morgan fingerprint density at radius 1 is 1.47 bits per heavy atom. The summed E-state index contributed by atoms with van der Waals surface area (Å²) in [6.45, 7) is 1.65. The van der Waals surface area contributed by atoms with Crippen LogP contribution in [0.5, 0.6) is 0 Å². The maximum atomic E-state index is 11.5. The second-order valence-electron chi connectivity index (χ2n) is 3.83. The van der Waals surface area contributed by atoms with Gasteiger partial charge in [-0.05, 0) is 25.1 Å². The summed E-state index contributed by atoms with van der Waals surface area (Å²) in [6, 6.07) is 8.84. The van der Waals surface area contributed by atoms with Gasteiger partial charge in [-0.25, -0.2) is 0 Å². The number of aromatic amines is 1. The minimum atomic E-state index is -0.522. The highest BCUT2D eigenvalue weighted by atomic mass is 16.2. The van der Waals surface area contributed by atoms with E-state index < -0.39 is 6.04 Å². The number of anilines is 1. The number of nitrogens with one attached hydrogen (secondary N) is 2. The number of H-pyrrole nitrogens is 1. The van der Waals surface area contributed by atoms with Gasteiger partial charge in [-0.3, -0.25) is 9.89 Å². The molecule has 0 saturated heterocycles. The first-order chi connectivity index (χ1) is 8.16. The van der Waals surface area contributed by atoms with Gasteiger partial charge in [0.1, 0.15) is 0 Å². The van der Waals surface area contributed by atoms with E-state index >= 15 is 0 Å². The summed E-state index contributed by atoms with van der Waals surface area (Å²) in [5.41, 5.74) is 8.08. The quantitative estimate of drug-likeness (QED) is 0.744.